The van der Waals surface area contributed by atoms with Crippen LogP contribution in [0.25, 0.3) is 11.1 Å². The van der Waals surface area contributed by atoms with Crippen molar-refractivity contribution in [2.24, 2.45) is 5.73 Å². The Morgan fingerprint density at radius 3 is 2.18 bits per heavy atom. The highest BCUT2D eigenvalue weighted by molar-refractivity contribution is 5.79. The number of amides is 1. The minimum absolute atomic E-state index is 0.0532. The topological polar surface area (TPSA) is 161 Å². The van der Waals surface area contributed by atoms with Gasteiger partial charge in [-0.25, -0.2) is 4.79 Å². The fourth-order valence-electron chi connectivity index (χ4n) is 4.42. The molecule has 6 N–H and O–H groups in total. The van der Waals surface area contributed by atoms with Crippen LogP contribution in [0.2, 0.25) is 0 Å². The third-order valence-electron chi connectivity index (χ3n) is 5.95. The van der Waals surface area contributed by atoms with E-state index in [-0.39, 0.29) is 12.5 Å². The molecule has 0 spiro atoms. The van der Waals surface area contributed by atoms with Crippen LogP contribution in [0.1, 0.15) is 24.0 Å². The molecule has 5 atom stereocenters. The first-order valence-electron chi connectivity index (χ1n) is 10.5. The minimum atomic E-state index is -2.39. The van der Waals surface area contributed by atoms with Crippen LogP contribution in [-0.4, -0.2) is 70.9 Å². The normalized spacial score (nSPS) is 28.5. The second kappa shape index (κ2) is 9.08. The summed E-state index contributed by atoms with van der Waals surface area (Å²) in [4.78, 5) is 24.2. The van der Waals surface area contributed by atoms with E-state index in [9.17, 15) is 24.9 Å². The molecule has 1 amide bonds. The van der Waals surface area contributed by atoms with Crippen LogP contribution in [0.15, 0.2) is 48.5 Å². The summed E-state index contributed by atoms with van der Waals surface area (Å²) >= 11 is 0. The zero-order chi connectivity index (χ0) is 23.8. The molecule has 2 aliphatic rings. The Kier molecular flexibility index (Phi) is 6.37. The smallest absolute Gasteiger partial charge is 0.433 e. The number of hydrogen-bond donors (Lipinski definition) is 5. The van der Waals surface area contributed by atoms with Crippen LogP contribution in [0.4, 0.5) is 4.79 Å². The van der Waals surface area contributed by atoms with Crippen molar-refractivity contribution in [3.8, 4) is 11.1 Å². The van der Waals surface area contributed by atoms with Gasteiger partial charge in [-0.05, 0) is 22.3 Å². The number of ether oxygens (including phenoxy) is 3. The van der Waals surface area contributed by atoms with E-state index in [0.717, 1.165) is 29.2 Å². The Morgan fingerprint density at radius 2 is 1.64 bits per heavy atom. The molecular weight excluding hydrogens is 432 g/mol. The molecule has 10 heteroatoms. The maximum atomic E-state index is 12.6. The molecule has 0 aromatic heterocycles. The van der Waals surface area contributed by atoms with E-state index < -0.39 is 48.9 Å². The second-order valence-electron chi connectivity index (χ2n) is 8.11. The number of carbonyl (C=O) groups excluding carboxylic acids is 2. The van der Waals surface area contributed by atoms with Crippen LogP contribution < -0.4 is 11.1 Å². The predicted molar refractivity (Wildman–Crippen MR) is 115 cm³/mol. The van der Waals surface area contributed by atoms with Crippen LogP contribution in [0.5, 0.6) is 0 Å². The largest absolute Gasteiger partial charge is 0.511 e. The SMILES string of the molecule is CC(=O)N[C@@H]1[C@@H](O)[C@H](O)[C@@H](CO)O[C@@]1(N)OC(=O)OCC1c2ccccc2-c2ccccc21. The third kappa shape index (κ3) is 4.31. The second-order valence-corrected chi connectivity index (χ2v) is 8.11. The highest BCUT2D eigenvalue weighted by Gasteiger charge is 2.55. The van der Waals surface area contributed by atoms with Gasteiger partial charge in [-0.15, -0.1) is 0 Å². The minimum Gasteiger partial charge on any atom is -0.433 e. The number of nitrogens with one attached hydrogen (secondary N) is 1. The Labute approximate surface area is 189 Å². The molecule has 0 radical (unpaired) electrons. The quantitative estimate of drug-likeness (QED) is 0.311. The van der Waals surface area contributed by atoms with E-state index in [4.69, 9.17) is 19.9 Å². The maximum Gasteiger partial charge on any atom is 0.511 e. The average Bonchev–Trinajstić information content (AvgIpc) is 3.11. The van der Waals surface area contributed by atoms with Gasteiger partial charge in [0.15, 0.2) is 0 Å². The van der Waals surface area contributed by atoms with Crippen molar-refractivity contribution in [2.45, 2.75) is 43.1 Å². The average molecular weight is 458 g/mol. The molecule has 2 aromatic carbocycles. The Bertz CT molecular complexity index is 1000. The molecule has 1 saturated heterocycles. The summed E-state index contributed by atoms with van der Waals surface area (Å²) in [6.07, 6.45) is -5.80. The number of hydrogen-bond acceptors (Lipinski definition) is 9. The Hall–Kier alpha value is -3.02. The fourth-order valence-corrected chi connectivity index (χ4v) is 4.42. The summed E-state index contributed by atoms with van der Waals surface area (Å²) in [6.45, 7) is 0.394. The highest BCUT2D eigenvalue weighted by Crippen LogP contribution is 2.44. The molecule has 176 valence electrons. The van der Waals surface area contributed by atoms with E-state index >= 15 is 0 Å². The molecule has 0 bridgehead atoms. The number of rotatable bonds is 5. The third-order valence-corrected chi connectivity index (χ3v) is 5.95. The number of aliphatic hydroxyl groups excluding tert-OH is 3. The van der Waals surface area contributed by atoms with Gasteiger partial charge in [0.05, 0.1) is 6.61 Å². The fraction of sp³-hybridized carbons (Fsp3) is 0.391. The summed E-state index contributed by atoms with van der Waals surface area (Å²) in [5, 5.41) is 32.2. The number of nitrogens with two attached hydrogens (primary N) is 1. The molecule has 0 saturated carbocycles. The summed E-state index contributed by atoms with van der Waals surface area (Å²) in [5.41, 5.74) is 10.2. The van der Waals surface area contributed by atoms with Gasteiger partial charge in [0.1, 0.15) is 31.0 Å². The van der Waals surface area contributed by atoms with Crippen molar-refractivity contribution in [1.29, 1.82) is 0 Å². The highest BCUT2D eigenvalue weighted by atomic mass is 16.8. The lowest BCUT2D eigenvalue weighted by Crippen LogP contribution is -2.74. The molecular formula is C23H26N2O8. The first-order valence-corrected chi connectivity index (χ1v) is 10.5. The molecule has 2 aromatic rings. The molecule has 1 aliphatic heterocycles. The standard InChI is InChI=1S/C23H26N2O8/c1-12(27)25-21-20(29)19(28)18(10-26)32-23(21,24)33-22(30)31-11-17-15-8-4-2-6-13(15)14-7-3-5-9-16(14)17/h2-9,17-21,26,28-29H,10-11,24H2,1H3,(H,25,27)/t18-,19-,20+,21-,23-/m1/s1. The predicted octanol–water partition coefficient (Wildman–Crippen LogP) is 0.182. The van der Waals surface area contributed by atoms with E-state index in [2.05, 4.69) is 5.32 Å². The number of aliphatic hydroxyl groups is 3. The van der Waals surface area contributed by atoms with Crippen molar-refractivity contribution in [2.75, 3.05) is 13.2 Å². The van der Waals surface area contributed by atoms with Gasteiger partial charge in [0.25, 0.3) is 5.91 Å². The number of fused-ring (bicyclic) bond motifs is 3. The molecule has 33 heavy (non-hydrogen) atoms. The first kappa shape index (κ1) is 23.1. The summed E-state index contributed by atoms with van der Waals surface area (Å²) in [6, 6.07) is 14.1. The van der Waals surface area contributed by atoms with Crippen LogP contribution in [0, 0.1) is 0 Å². The Morgan fingerprint density at radius 1 is 1.06 bits per heavy atom. The van der Waals surface area contributed by atoms with E-state index in [1.54, 1.807) is 0 Å². The van der Waals surface area contributed by atoms with Gasteiger partial charge in [0.2, 0.25) is 5.91 Å². The summed E-state index contributed by atoms with van der Waals surface area (Å²) in [7, 11) is 0. The summed E-state index contributed by atoms with van der Waals surface area (Å²) in [5.74, 6) is -3.22. The first-order chi connectivity index (χ1) is 15.7. The van der Waals surface area contributed by atoms with E-state index in [1.807, 2.05) is 48.5 Å². The van der Waals surface area contributed by atoms with Gasteiger partial charge in [0, 0.05) is 12.8 Å². The molecule has 1 aliphatic carbocycles. The van der Waals surface area contributed by atoms with Gasteiger partial charge in [-0.2, -0.15) is 0 Å². The summed E-state index contributed by atoms with van der Waals surface area (Å²) < 4.78 is 15.9. The van der Waals surface area contributed by atoms with Crippen LogP contribution >= 0.6 is 0 Å². The maximum absolute atomic E-state index is 12.6. The van der Waals surface area contributed by atoms with Crippen molar-refractivity contribution >= 4 is 12.1 Å². The lowest BCUT2D eigenvalue weighted by Gasteiger charge is -2.46. The van der Waals surface area contributed by atoms with Crippen molar-refractivity contribution in [3.05, 3.63) is 59.7 Å². The molecule has 10 nitrogen and oxygen atoms in total. The van der Waals surface area contributed by atoms with Crippen molar-refractivity contribution < 1.29 is 39.1 Å². The van der Waals surface area contributed by atoms with Crippen molar-refractivity contribution in [1.82, 2.24) is 5.32 Å². The van der Waals surface area contributed by atoms with Gasteiger partial charge in [-0.3, -0.25) is 10.5 Å². The Balaban J connectivity index is 1.50. The van der Waals surface area contributed by atoms with Crippen LogP contribution in [0.3, 0.4) is 0 Å². The zero-order valence-electron chi connectivity index (χ0n) is 17.9. The molecule has 4 rings (SSSR count). The van der Waals surface area contributed by atoms with Crippen LogP contribution in [-0.2, 0) is 19.0 Å². The number of benzene rings is 2. The molecule has 0 unspecified atom stereocenters. The lowest BCUT2D eigenvalue weighted by molar-refractivity contribution is -0.317. The van der Waals surface area contributed by atoms with Crippen molar-refractivity contribution in [3.63, 3.8) is 0 Å². The van der Waals surface area contributed by atoms with Gasteiger partial charge >= 0.3 is 6.16 Å². The number of carbonyl (C=O) groups is 2. The van der Waals surface area contributed by atoms with E-state index in [1.165, 1.54) is 0 Å². The van der Waals surface area contributed by atoms with Gasteiger partial charge < -0.3 is 34.8 Å². The molecule has 1 fully saturated rings. The monoisotopic (exact) mass is 458 g/mol. The molecule has 1 heterocycles. The van der Waals surface area contributed by atoms with Gasteiger partial charge in [-0.1, -0.05) is 48.5 Å². The lowest BCUT2D eigenvalue weighted by atomic mass is 9.94. The van der Waals surface area contributed by atoms with E-state index in [0.29, 0.717) is 0 Å². The zero-order valence-corrected chi connectivity index (χ0v) is 17.9.